The zero-order valence-corrected chi connectivity index (χ0v) is 14.3. The smallest absolute Gasteiger partial charge is 0.333 e. The molecule has 0 saturated carbocycles. The van der Waals surface area contributed by atoms with Crippen molar-refractivity contribution < 1.29 is 14.3 Å². The quantitative estimate of drug-likeness (QED) is 0.224. The van der Waals surface area contributed by atoms with E-state index in [4.69, 9.17) is 0 Å². The van der Waals surface area contributed by atoms with Crippen LogP contribution in [0.2, 0.25) is 0 Å². The lowest BCUT2D eigenvalue weighted by molar-refractivity contribution is -0.134. The van der Waals surface area contributed by atoms with Crippen molar-refractivity contribution in [3.8, 4) is 0 Å². The van der Waals surface area contributed by atoms with E-state index in [9.17, 15) is 9.59 Å². The number of carbonyl (C=O) groups excluding carboxylic acids is 2. The van der Waals surface area contributed by atoms with Crippen molar-refractivity contribution >= 4 is 35.4 Å². The first-order chi connectivity index (χ1) is 11.2. The second kappa shape index (κ2) is 8.73. The topological polar surface area (TPSA) is 90.2 Å². The first-order valence-corrected chi connectivity index (χ1v) is 8.85. The molecule has 1 aromatic heterocycles. The molecule has 10 heteroatoms. The Labute approximate surface area is 142 Å². The maximum absolute atomic E-state index is 11.9. The van der Waals surface area contributed by atoms with Gasteiger partial charge >= 0.3 is 5.97 Å². The van der Waals surface area contributed by atoms with Gasteiger partial charge in [-0.2, -0.15) is 0 Å². The Hall–Kier alpha value is -1.81. The van der Waals surface area contributed by atoms with Crippen LogP contribution in [0.3, 0.4) is 0 Å². The molecule has 0 unspecified atom stereocenters. The minimum Gasteiger partial charge on any atom is -0.466 e. The summed E-state index contributed by atoms with van der Waals surface area (Å²) in [6, 6.07) is 0. The molecular formula is C13H17N5O3S2. The van der Waals surface area contributed by atoms with Crippen LogP contribution < -0.4 is 0 Å². The van der Waals surface area contributed by atoms with E-state index in [1.54, 1.807) is 15.7 Å². The summed E-state index contributed by atoms with van der Waals surface area (Å²) in [7, 11) is 1.31. The molecule has 1 aliphatic heterocycles. The Balaban J connectivity index is 1.83. The van der Waals surface area contributed by atoms with Crippen molar-refractivity contribution in [1.29, 1.82) is 0 Å². The van der Waals surface area contributed by atoms with Crippen molar-refractivity contribution in [3.63, 3.8) is 0 Å². The first-order valence-electron chi connectivity index (χ1n) is 6.88. The fourth-order valence-corrected chi connectivity index (χ4v) is 3.62. The summed E-state index contributed by atoms with van der Waals surface area (Å²) in [5.74, 6) is 0.669. The number of esters is 1. The normalized spacial score (nSPS) is 16.1. The summed E-state index contributed by atoms with van der Waals surface area (Å²) in [6.07, 6.45) is 3.84. The Morgan fingerprint density at radius 3 is 3.13 bits per heavy atom. The lowest BCUT2D eigenvalue weighted by atomic mass is 10.4. The van der Waals surface area contributed by atoms with Gasteiger partial charge in [0.15, 0.2) is 0 Å². The highest BCUT2D eigenvalue weighted by Gasteiger charge is 2.26. The fourth-order valence-electron chi connectivity index (χ4n) is 1.85. The monoisotopic (exact) mass is 355 g/mol. The van der Waals surface area contributed by atoms with Crippen molar-refractivity contribution in [3.05, 3.63) is 23.8 Å². The number of hydrogen-bond acceptors (Lipinski definition) is 8. The standard InChI is InChI=1S/C13H17N5O3S2/c1-3-5-18-13(14-15-16-18)22-7-4-6-17-10(19)9-23-11(17)8-12(20)21-2/h3,8H,1,4-7,9H2,2H3/b11-8+. The van der Waals surface area contributed by atoms with Crippen LogP contribution in [0, 0.1) is 0 Å². The molecule has 2 heterocycles. The second-order valence-electron chi connectivity index (χ2n) is 4.47. The third-order valence-electron chi connectivity index (χ3n) is 2.91. The summed E-state index contributed by atoms with van der Waals surface area (Å²) in [4.78, 5) is 24.8. The number of rotatable bonds is 8. The van der Waals surface area contributed by atoms with E-state index in [0.717, 1.165) is 17.3 Å². The van der Waals surface area contributed by atoms with Gasteiger partial charge in [0.1, 0.15) is 0 Å². The lowest BCUT2D eigenvalue weighted by Gasteiger charge is -2.16. The van der Waals surface area contributed by atoms with Gasteiger partial charge in [0, 0.05) is 12.3 Å². The van der Waals surface area contributed by atoms with Crippen molar-refractivity contribution in [1.82, 2.24) is 25.1 Å². The van der Waals surface area contributed by atoms with Gasteiger partial charge < -0.3 is 9.64 Å². The van der Waals surface area contributed by atoms with E-state index in [2.05, 4.69) is 26.8 Å². The third kappa shape index (κ3) is 4.83. The SMILES string of the molecule is C=CCn1nnnc1SCCCN1C(=O)CS/C1=C/C(=O)OC. The van der Waals surface area contributed by atoms with Crippen molar-refractivity contribution in [2.24, 2.45) is 0 Å². The van der Waals surface area contributed by atoms with Crippen LogP contribution in [0.25, 0.3) is 0 Å². The predicted molar refractivity (Wildman–Crippen MR) is 87.6 cm³/mol. The number of carbonyl (C=O) groups is 2. The zero-order valence-electron chi connectivity index (χ0n) is 12.7. The molecule has 1 saturated heterocycles. The number of hydrogen-bond donors (Lipinski definition) is 0. The number of thioether (sulfide) groups is 2. The molecule has 1 aromatic rings. The highest BCUT2D eigenvalue weighted by Crippen LogP contribution is 2.29. The molecule has 0 aliphatic carbocycles. The van der Waals surface area contributed by atoms with E-state index >= 15 is 0 Å². The van der Waals surface area contributed by atoms with Crippen LogP contribution >= 0.6 is 23.5 Å². The van der Waals surface area contributed by atoms with Gasteiger partial charge in [-0.25, -0.2) is 9.48 Å². The minimum absolute atomic E-state index is 0.00615. The van der Waals surface area contributed by atoms with Gasteiger partial charge in [0.05, 0.1) is 30.5 Å². The predicted octanol–water partition coefficient (Wildman–Crippen LogP) is 0.931. The molecule has 0 N–H and O–H groups in total. The molecular weight excluding hydrogens is 338 g/mol. The average Bonchev–Trinajstić information content (AvgIpc) is 3.12. The summed E-state index contributed by atoms with van der Waals surface area (Å²) >= 11 is 2.87. The maximum Gasteiger partial charge on any atom is 0.333 e. The van der Waals surface area contributed by atoms with Gasteiger partial charge in [-0.05, 0) is 16.8 Å². The number of allylic oxidation sites excluding steroid dienone is 1. The molecule has 0 spiro atoms. The van der Waals surface area contributed by atoms with Crippen LogP contribution in [0.4, 0.5) is 0 Å². The number of aromatic nitrogens is 4. The number of nitrogens with zero attached hydrogens (tertiary/aromatic N) is 5. The maximum atomic E-state index is 11.9. The van der Waals surface area contributed by atoms with Crippen molar-refractivity contribution in [2.75, 3.05) is 25.2 Å². The number of tetrazole rings is 1. The van der Waals surface area contributed by atoms with E-state index in [0.29, 0.717) is 23.9 Å². The largest absolute Gasteiger partial charge is 0.466 e. The van der Waals surface area contributed by atoms with E-state index in [1.807, 2.05) is 0 Å². The molecule has 1 aliphatic rings. The van der Waals surface area contributed by atoms with Crippen LogP contribution in [0.5, 0.6) is 0 Å². The molecule has 8 nitrogen and oxygen atoms in total. The highest BCUT2D eigenvalue weighted by atomic mass is 32.2. The van der Waals surface area contributed by atoms with E-state index < -0.39 is 5.97 Å². The molecule has 2 rings (SSSR count). The van der Waals surface area contributed by atoms with Gasteiger partial charge in [0.25, 0.3) is 0 Å². The number of methoxy groups -OCH3 is 1. The molecule has 0 aromatic carbocycles. The van der Waals surface area contributed by atoms with Crippen LogP contribution in [-0.2, 0) is 20.9 Å². The van der Waals surface area contributed by atoms with Crippen LogP contribution in [-0.4, -0.2) is 62.1 Å². The van der Waals surface area contributed by atoms with Gasteiger partial charge in [0.2, 0.25) is 11.1 Å². The molecule has 0 atom stereocenters. The molecule has 23 heavy (non-hydrogen) atoms. The van der Waals surface area contributed by atoms with Gasteiger partial charge in [-0.15, -0.1) is 11.7 Å². The Bertz CT molecular complexity index is 617. The molecule has 0 radical (unpaired) electrons. The summed E-state index contributed by atoms with van der Waals surface area (Å²) in [5, 5.41) is 12.8. The van der Waals surface area contributed by atoms with Crippen molar-refractivity contribution in [2.45, 2.75) is 18.1 Å². The van der Waals surface area contributed by atoms with E-state index in [-0.39, 0.29) is 5.91 Å². The first kappa shape index (κ1) is 17.5. The molecule has 124 valence electrons. The number of ether oxygens (including phenoxy) is 1. The summed E-state index contributed by atoms with van der Waals surface area (Å²) < 4.78 is 6.27. The second-order valence-corrected chi connectivity index (χ2v) is 6.53. The zero-order chi connectivity index (χ0) is 16.7. The fraction of sp³-hybridized carbons (Fsp3) is 0.462. The van der Waals surface area contributed by atoms with Gasteiger partial charge in [-0.1, -0.05) is 29.6 Å². The minimum atomic E-state index is -0.454. The van der Waals surface area contributed by atoms with Gasteiger partial charge in [-0.3, -0.25) is 4.79 Å². The molecule has 0 bridgehead atoms. The van der Waals surface area contributed by atoms with E-state index in [1.165, 1.54) is 36.7 Å². The lowest BCUT2D eigenvalue weighted by Crippen LogP contribution is -2.26. The molecule has 1 amide bonds. The number of amides is 1. The Kier molecular flexibility index (Phi) is 6.66. The third-order valence-corrected chi connectivity index (χ3v) is 4.98. The molecule has 1 fully saturated rings. The summed E-state index contributed by atoms with van der Waals surface area (Å²) in [6.45, 7) is 4.76. The van der Waals surface area contributed by atoms with Crippen LogP contribution in [0.15, 0.2) is 28.9 Å². The highest BCUT2D eigenvalue weighted by molar-refractivity contribution is 8.04. The average molecular weight is 355 g/mol. The Morgan fingerprint density at radius 2 is 2.39 bits per heavy atom. The Morgan fingerprint density at radius 1 is 1.57 bits per heavy atom. The summed E-state index contributed by atoms with van der Waals surface area (Å²) in [5.41, 5.74) is 0. The van der Waals surface area contributed by atoms with Crippen LogP contribution in [0.1, 0.15) is 6.42 Å².